The van der Waals surface area contributed by atoms with Gasteiger partial charge in [-0.1, -0.05) is 18.2 Å². The quantitative estimate of drug-likeness (QED) is 0.722. The average Bonchev–Trinajstić information content (AvgIpc) is 2.98. The Bertz CT molecular complexity index is 831. The van der Waals surface area contributed by atoms with E-state index in [4.69, 9.17) is 5.73 Å². The number of hydrogen-bond donors (Lipinski definition) is 2. The molecular weight excluding hydrogens is 337 g/mol. The predicted molar refractivity (Wildman–Crippen MR) is 88.9 cm³/mol. The Kier molecular flexibility index (Phi) is 4.68. The molecule has 2 aromatic heterocycles. The second-order valence-electron chi connectivity index (χ2n) is 5.31. The largest absolute Gasteiger partial charge is 0.416 e. The van der Waals surface area contributed by atoms with Crippen LogP contribution in [0, 0.1) is 0 Å². The van der Waals surface area contributed by atoms with E-state index in [0.29, 0.717) is 13.0 Å². The zero-order valence-electron chi connectivity index (χ0n) is 12.5. The molecule has 126 valence electrons. The van der Waals surface area contributed by atoms with Gasteiger partial charge in [0, 0.05) is 18.1 Å². The molecule has 3 aromatic rings. The number of benzene rings is 1. The van der Waals surface area contributed by atoms with Gasteiger partial charge in [0.2, 0.25) is 0 Å². The first-order valence-corrected chi connectivity index (χ1v) is 8.09. The SMILES string of the molecule is NC(CCNc1cc(C(F)(F)F)ccn1)c1nsc2ccccc12. The Balaban J connectivity index is 1.62. The van der Waals surface area contributed by atoms with E-state index in [2.05, 4.69) is 14.7 Å². The third-order valence-corrected chi connectivity index (χ3v) is 4.45. The maximum absolute atomic E-state index is 12.7. The minimum Gasteiger partial charge on any atom is -0.370 e. The number of fused-ring (bicyclic) bond motifs is 1. The summed E-state index contributed by atoms with van der Waals surface area (Å²) in [5.74, 6) is 0.181. The topological polar surface area (TPSA) is 63.8 Å². The molecule has 0 saturated carbocycles. The molecule has 0 spiro atoms. The summed E-state index contributed by atoms with van der Waals surface area (Å²) in [6.07, 6.45) is -2.71. The second kappa shape index (κ2) is 6.74. The molecule has 1 aromatic carbocycles. The Hall–Kier alpha value is -2.19. The molecule has 3 N–H and O–H groups in total. The summed E-state index contributed by atoms with van der Waals surface area (Å²) in [6.45, 7) is 0.404. The standard InChI is InChI=1S/C16H15F3N4S/c17-16(18,19)10-5-7-21-14(9-10)22-8-6-12(20)15-11-3-1-2-4-13(11)24-23-15/h1-5,7,9,12H,6,8,20H2,(H,21,22). The van der Waals surface area contributed by atoms with Crippen molar-refractivity contribution in [1.82, 2.24) is 9.36 Å². The summed E-state index contributed by atoms with van der Waals surface area (Å²) in [6, 6.07) is 9.46. The number of alkyl halides is 3. The molecule has 4 nitrogen and oxygen atoms in total. The number of aromatic nitrogens is 2. The summed E-state index contributed by atoms with van der Waals surface area (Å²) in [4.78, 5) is 3.90. The monoisotopic (exact) mass is 352 g/mol. The Morgan fingerprint density at radius 2 is 2.00 bits per heavy atom. The van der Waals surface area contributed by atoms with Gasteiger partial charge in [-0.3, -0.25) is 0 Å². The minimum absolute atomic E-state index is 0.181. The maximum Gasteiger partial charge on any atom is 0.416 e. The number of halogens is 3. The molecule has 0 fully saturated rings. The highest BCUT2D eigenvalue weighted by Crippen LogP contribution is 2.30. The van der Waals surface area contributed by atoms with E-state index in [9.17, 15) is 13.2 Å². The molecule has 24 heavy (non-hydrogen) atoms. The van der Waals surface area contributed by atoms with Crippen molar-refractivity contribution in [3.63, 3.8) is 0 Å². The molecule has 0 amide bonds. The summed E-state index contributed by atoms with van der Waals surface area (Å²) >= 11 is 1.39. The molecule has 0 aliphatic carbocycles. The van der Waals surface area contributed by atoms with Crippen LogP contribution in [0.5, 0.6) is 0 Å². The molecule has 0 radical (unpaired) electrons. The van der Waals surface area contributed by atoms with Gasteiger partial charge < -0.3 is 11.1 Å². The Labute approximate surface area is 140 Å². The van der Waals surface area contributed by atoms with Gasteiger partial charge in [0.05, 0.1) is 22.0 Å². The van der Waals surface area contributed by atoms with Crippen molar-refractivity contribution >= 4 is 27.4 Å². The number of nitrogens with one attached hydrogen (secondary N) is 1. The fourth-order valence-corrected chi connectivity index (χ4v) is 3.21. The number of hydrogen-bond acceptors (Lipinski definition) is 5. The molecular formula is C16H15F3N4S. The highest BCUT2D eigenvalue weighted by Gasteiger charge is 2.30. The lowest BCUT2D eigenvalue weighted by Crippen LogP contribution is -2.16. The van der Waals surface area contributed by atoms with Gasteiger partial charge in [0.1, 0.15) is 5.82 Å². The van der Waals surface area contributed by atoms with Crippen molar-refractivity contribution in [2.45, 2.75) is 18.6 Å². The predicted octanol–water partition coefficient (Wildman–Crippen LogP) is 4.21. The summed E-state index contributed by atoms with van der Waals surface area (Å²) in [5, 5.41) is 3.90. The molecule has 1 unspecified atom stereocenters. The average molecular weight is 352 g/mol. The molecule has 3 rings (SSSR count). The fourth-order valence-electron chi connectivity index (χ4n) is 2.37. The van der Waals surface area contributed by atoms with E-state index < -0.39 is 11.7 Å². The van der Waals surface area contributed by atoms with Crippen LogP contribution in [0.1, 0.15) is 23.7 Å². The zero-order valence-corrected chi connectivity index (χ0v) is 13.4. The van der Waals surface area contributed by atoms with Gasteiger partial charge >= 0.3 is 6.18 Å². The smallest absolute Gasteiger partial charge is 0.370 e. The lowest BCUT2D eigenvalue weighted by atomic mass is 10.1. The first kappa shape index (κ1) is 16.7. The van der Waals surface area contributed by atoms with Gasteiger partial charge in [-0.25, -0.2) is 4.98 Å². The lowest BCUT2D eigenvalue weighted by Gasteiger charge is -2.12. The molecule has 0 aliphatic rings. The Morgan fingerprint density at radius 3 is 2.79 bits per heavy atom. The normalized spacial score (nSPS) is 13.2. The van der Waals surface area contributed by atoms with Gasteiger partial charge in [0.15, 0.2) is 0 Å². The van der Waals surface area contributed by atoms with Crippen LogP contribution >= 0.6 is 11.5 Å². The summed E-state index contributed by atoms with van der Waals surface area (Å²) in [7, 11) is 0. The number of pyridine rings is 1. The van der Waals surface area contributed by atoms with Gasteiger partial charge in [-0.2, -0.15) is 17.5 Å². The van der Waals surface area contributed by atoms with E-state index in [1.807, 2.05) is 24.3 Å². The molecule has 0 aliphatic heterocycles. The minimum atomic E-state index is -4.38. The fraction of sp³-hybridized carbons (Fsp3) is 0.250. The van der Waals surface area contributed by atoms with Crippen LogP contribution in [0.25, 0.3) is 10.1 Å². The molecule has 8 heteroatoms. The number of nitrogens with two attached hydrogens (primary N) is 1. The van der Waals surface area contributed by atoms with Crippen molar-refractivity contribution in [3.05, 3.63) is 53.9 Å². The summed E-state index contributed by atoms with van der Waals surface area (Å²) in [5.41, 5.74) is 6.26. The van der Waals surface area contributed by atoms with Crippen LogP contribution in [-0.4, -0.2) is 15.9 Å². The second-order valence-corrected chi connectivity index (χ2v) is 6.12. The van der Waals surface area contributed by atoms with Crippen LogP contribution in [0.15, 0.2) is 42.6 Å². The van der Waals surface area contributed by atoms with E-state index in [1.54, 1.807) is 0 Å². The van der Waals surface area contributed by atoms with Crippen LogP contribution in [-0.2, 0) is 6.18 Å². The lowest BCUT2D eigenvalue weighted by molar-refractivity contribution is -0.137. The maximum atomic E-state index is 12.7. The van der Waals surface area contributed by atoms with Crippen molar-refractivity contribution in [2.75, 3.05) is 11.9 Å². The number of rotatable bonds is 5. The van der Waals surface area contributed by atoms with Crippen LogP contribution in [0.4, 0.5) is 19.0 Å². The third kappa shape index (κ3) is 3.65. The molecule has 0 bridgehead atoms. The highest BCUT2D eigenvalue weighted by atomic mass is 32.1. The first-order valence-electron chi connectivity index (χ1n) is 7.32. The molecule has 0 saturated heterocycles. The van der Waals surface area contributed by atoms with E-state index >= 15 is 0 Å². The molecule has 1 atom stereocenters. The first-order chi connectivity index (χ1) is 11.4. The van der Waals surface area contributed by atoms with E-state index in [-0.39, 0.29) is 11.9 Å². The van der Waals surface area contributed by atoms with Crippen LogP contribution in [0.3, 0.4) is 0 Å². The van der Waals surface area contributed by atoms with Crippen molar-refractivity contribution in [1.29, 1.82) is 0 Å². The zero-order chi connectivity index (χ0) is 17.2. The van der Waals surface area contributed by atoms with Crippen molar-refractivity contribution in [3.8, 4) is 0 Å². The third-order valence-electron chi connectivity index (χ3n) is 3.61. The molecule has 2 heterocycles. The van der Waals surface area contributed by atoms with Crippen LogP contribution < -0.4 is 11.1 Å². The van der Waals surface area contributed by atoms with Gasteiger partial charge in [-0.15, -0.1) is 0 Å². The van der Waals surface area contributed by atoms with Gasteiger partial charge in [0.25, 0.3) is 0 Å². The number of nitrogens with zero attached hydrogens (tertiary/aromatic N) is 2. The summed E-state index contributed by atoms with van der Waals surface area (Å²) < 4.78 is 43.5. The van der Waals surface area contributed by atoms with Crippen molar-refractivity contribution in [2.24, 2.45) is 5.73 Å². The van der Waals surface area contributed by atoms with E-state index in [1.165, 1.54) is 11.5 Å². The number of anilines is 1. The van der Waals surface area contributed by atoms with E-state index in [0.717, 1.165) is 34.1 Å². The van der Waals surface area contributed by atoms with Crippen molar-refractivity contribution < 1.29 is 13.2 Å². The van der Waals surface area contributed by atoms with Crippen LogP contribution in [0.2, 0.25) is 0 Å². The Morgan fingerprint density at radius 1 is 1.21 bits per heavy atom. The van der Waals surface area contributed by atoms with Gasteiger partial charge in [-0.05, 0) is 36.2 Å². The highest BCUT2D eigenvalue weighted by molar-refractivity contribution is 7.13.